The average Bonchev–Trinajstić information content (AvgIpc) is 3.07. The number of carbonyl (C=O) groups excluding carboxylic acids is 3. The molecule has 2 aromatic carbocycles. The van der Waals surface area contributed by atoms with Gasteiger partial charge in [-0.3, -0.25) is 9.59 Å². The van der Waals surface area contributed by atoms with Crippen molar-refractivity contribution in [2.75, 3.05) is 16.8 Å². The molecule has 0 radical (unpaired) electrons. The van der Waals surface area contributed by atoms with Crippen LogP contribution in [0.5, 0.6) is 0 Å². The Hall–Kier alpha value is -3.22. The molecular weight excluding hydrogens is 351 g/mol. The molecule has 2 aromatic rings. The highest BCUT2D eigenvalue weighted by atomic mass is 19.1. The number of halogens is 1. The minimum absolute atomic E-state index is 0.0170. The van der Waals surface area contributed by atoms with E-state index in [9.17, 15) is 18.8 Å². The van der Waals surface area contributed by atoms with Gasteiger partial charge in [-0.15, -0.1) is 0 Å². The zero-order valence-electron chi connectivity index (χ0n) is 14.8. The molecule has 27 heavy (non-hydrogen) atoms. The SMILES string of the molecule is C[C@H](OC(=O)c1cccc(N2CCCC2=O)c1)C(=O)Nc1cccc(F)c1. The van der Waals surface area contributed by atoms with Crippen molar-refractivity contribution < 1.29 is 23.5 Å². The molecule has 0 aliphatic carbocycles. The van der Waals surface area contributed by atoms with Crippen molar-refractivity contribution in [3.05, 3.63) is 59.9 Å². The van der Waals surface area contributed by atoms with Crippen molar-refractivity contribution in [2.45, 2.75) is 25.9 Å². The summed E-state index contributed by atoms with van der Waals surface area (Å²) in [5.74, 6) is -1.71. The molecule has 2 amide bonds. The second kappa shape index (κ2) is 7.99. The van der Waals surface area contributed by atoms with Crippen LogP contribution in [-0.2, 0) is 14.3 Å². The average molecular weight is 370 g/mol. The Morgan fingerprint density at radius 3 is 2.67 bits per heavy atom. The van der Waals surface area contributed by atoms with Gasteiger partial charge in [-0.25, -0.2) is 9.18 Å². The number of amides is 2. The van der Waals surface area contributed by atoms with E-state index in [4.69, 9.17) is 4.74 Å². The van der Waals surface area contributed by atoms with Gasteiger partial charge in [0.1, 0.15) is 5.82 Å². The van der Waals surface area contributed by atoms with Gasteiger partial charge in [0.2, 0.25) is 5.91 Å². The Morgan fingerprint density at radius 1 is 1.19 bits per heavy atom. The monoisotopic (exact) mass is 370 g/mol. The third kappa shape index (κ3) is 4.49. The summed E-state index contributed by atoms with van der Waals surface area (Å²) in [6.45, 7) is 2.05. The second-order valence-corrected chi connectivity index (χ2v) is 6.25. The first-order valence-electron chi connectivity index (χ1n) is 8.62. The van der Waals surface area contributed by atoms with Crippen molar-refractivity contribution in [3.63, 3.8) is 0 Å². The predicted molar refractivity (Wildman–Crippen MR) is 97.9 cm³/mol. The lowest BCUT2D eigenvalue weighted by atomic mass is 10.2. The molecule has 3 rings (SSSR count). The topological polar surface area (TPSA) is 75.7 Å². The van der Waals surface area contributed by atoms with Crippen molar-refractivity contribution in [1.29, 1.82) is 0 Å². The number of nitrogens with zero attached hydrogens (tertiary/aromatic N) is 1. The van der Waals surface area contributed by atoms with E-state index in [0.29, 0.717) is 18.7 Å². The molecule has 1 fully saturated rings. The highest BCUT2D eigenvalue weighted by molar-refractivity contribution is 5.99. The van der Waals surface area contributed by atoms with Gasteiger partial charge in [0.15, 0.2) is 6.10 Å². The summed E-state index contributed by atoms with van der Waals surface area (Å²) in [5.41, 5.74) is 1.15. The van der Waals surface area contributed by atoms with Crippen molar-refractivity contribution in [3.8, 4) is 0 Å². The molecule has 0 unspecified atom stereocenters. The molecular formula is C20H19FN2O4. The molecule has 7 heteroatoms. The largest absolute Gasteiger partial charge is 0.449 e. The smallest absolute Gasteiger partial charge is 0.338 e. The molecule has 1 N–H and O–H groups in total. The summed E-state index contributed by atoms with van der Waals surface area (Å²) in [7, 11) is 0. The van der Waals surface area contributed by atoms with Crippen LogP contribution in [0.2, 0.25) is 0 Å². The number of benzene rings is 2. The quantitative estimate of drug-likeness (QED) is 0.821. The first kappa shape index (κ1) is 18.6. The minimum Gasteiger partial charge on any atom is -0.449 e. The summed E-state index contributed by atoms with van der Waals surface area (Å²) >= 11 is 0. The molecule has 1 heterocycles. The number of nitrogens with one attached hydrogen (secondary N) is 1. The number of rotatable bonds is 5. The highest BCUT2D eigenvalue weighted by Gasteiger charge is 2.24. The van der Waals surface area contributed by atoms with Crippen LogP contribution >= 0.6 is 0 Å². The van der Waals surface area contributed by atoms with Crippen molar-refractivity contribution in [2.24, 2.45) is 0 Å². The fraction of sp³-hybridized carbons (Fsp3) is 0.250. The van der Waals surface area contributed by atoms with Crippen LogP contribution in [0.3, 0.4) is 0 Å². The molecule has 0 saturated carbocycles. The fourth-order valence-electron chi connectivity index (χ4n) is 2.81. The zero-order valence-corrected chi connectivity index (χ0v) is 14.8. The van der Waals surface area contributed by atoms with E-state index in [1.165, 1.54) is 31.2 Å². The van der Waals surface area contributed by atoms with Crippen LogP contribution in [0.4, 0.5) is 15.8 Å². The van der Waals surface area contributed by atoms with Crippen molar-refractivity contribution >= 4 is 29.2 Å². The van der Waals surface area contributed by atoms with Gasteiger partial charge in [-0.2, -0.15) is 0 Å². The number of hydrogen-bond acceptors (Lipinski definition) is 4. The van der Waals surface area contributed by atoms with Crippen LogP contribution in [0, 0.1) is 5.82 Å². The molecule has 140 valence electrons. The van der Waals surface area contributed by atoms with E-state index >= 15 is 0 Å². The zero-order chi connectivity index (χ0) is 19.4. The fourth-order valence-corrected chi connectivity index (χ4v) is 2.81. The molecule has 0 bridgehead atoms. The maximum Gasteiger partial charge on any atom is 0.338 e. The number of carbonyl (C=O) groups is 3. The number of ether oxygens (including phenoxy) is 1. The van der Waals surface area contributed by atoms with E-state index in [1.54, 1.807) is 29.2 Å². The first-order chi connectivity index (χ1) is 12.9. The lowest BCUT2D eigenvalue weighted by Crippen LogP contribution is -2.30. The van der Waals surface area contributed by atoms with Crippen LogP contribution in [-0.4, -0.2) is 30.4 Å². The lowest BCUT2D eigenvalue weighted by molar-refractivity contribution is -0.123. The van der Waals surface area contributed by atoms with Gasteiger partial charge in [0.05, 0.1) is 5.56 Å². The van der Waals surface area contributed by atoms with Gasteiger partial charge in [-0.1, -0.05) is 12.1 Å². The normalized spacial score (nSPS) is 14.7. The Morgan fingerprint density at radius 2 is 1.96 bits per heavy atom. The Kier molecular flexibility index (Phi) is 5.49. The summed E-state index contributed by atoms with van der Waals surface area (Å²) in [5, 5.41) is 2.49. The first-order valence-corrected chi connectivity index (χ1v) is 8.62. The third-order valence-electron chi connectivity index (χ3n) is 4.21. The standard InChI is InChI=1S/C20H19FN2O4/c1-13(19(25)22-16-7-3-6-15(21)12-16)27-20(26)14-5-2-8-17(11-14)23-10-4-9-18(23)24/h2-3,5-8,11-13H,4,9-10H2,1H3,(H,22,25)/t13-/m0/s1. The van der Waals surface area contributed by atoms with Crippen LogP contribution in [0.15, 0.2) is 48.5 Å². The predicted octanol–water partition coefficient (Wildman–Crippen LogP) is 3.14. The summed E-state index contributed by atoms with van der Waals surface area (Å²) < 4.78 is 18.4. The van der Waals surface area contributed by atoms with E-state index in [1.807, 2.05) is 0 Å². The number of hydrogen-bond donors (Lipinski definition) is 1. The molecule has 6 nitrogen and oxygen atoms in total. The molecule has 0 aromatic heterocycles. The van der Waals surface area contributed by atoms with Gasteiger partial charge in [-0.05, 0) is 49.7 Å². The van der Waals surface area contributed by atoms with Crippen LogP contribution in [0.25, 0.3) is 0 Å². The lowest BCUT2D eigenvalue weighted by Gasteiger charge is -2.17. The van der Waals surface area contributed by atoms with Crippen LogP contribution in [0.1, 0.15) is 30.1 Å². The molecule has 0 spiro atoms. The highest BCUT2D eigenvalue weighted by Crippen LogP contribution is 2.22. The summed E-state index contributed by atoms with van der Waals surface area (Å²) in [6, 6.07) is 12.0. The Balaban J connectivity index is 1.64. The van der Waals surface area contributed by atoms with Crippen LogP contribution < -0.4 is 10.2 Å². The second-order valence-electron chi connectivity index (χ2n) is 6.25. The van der Waals surface area contributed by atoms with E-state index in [2.05, 4.69) is 5.32 Å². The molecule has 1 atom stereocenters. The maximum absolute atomic E-state index is 13.2. The Labute approximate surface area is 155 Å². The maximum atomic E-state index is 13.2. The third-order valence-corrected chi connectivity index (χ3v) is 4.21. The number of esters is 1. The minimum atomic E-state index is -1.07. The summed E-state index contributed by atoms with van der Waals surface area (Å²) in [6.07, 6.45) is 0.203. The molecule has 1 aliphatic rings. The Bertz CT molecular complexity index is 884. The van der Waals surface area contributed by atoms with E-state index < -0.39 is 23.8 Å². The van der Waals surface area contributed by atoms with E-state index in [-0.39, 0.29) is 17.2 Å². The van der Waals surface area contributed by atoms with Gasteiger partial charge in [0, 0.05) is 24.3 Å². The molecule has 1 aliphatic heterocycles. The van der Waals surface area contributed by atoms with E-state index in [0.717, 1.165) is 6.42 Å². The van der Waals surface area contributed by atoms with Crippen molar-refractivity contribution in [1.82, 2.24) is 0 Å². The van der Waals surface area contributed by atoms with Gasteiger partial charge >= 0.3 is 5.97 Å². The van der Waals surface area contributed by atoms with Gasteiger partial charge in [0.25, 0.3) is 5.91 Å². The number of anilines is 2. The summed E-state index contributed by atoms with van der Waals surface area (Å²) in [4.78, 5) is 38.0. The van der Waals surface area contributed by atoms with Gasteiger partial charge < -0.3 is 15.0 Å². The molecule has 1 saturated heterocycles.